The molecule has 0 saturated carbocycles. The number of halogens is 2. The van der Waals surface area contributed by atoms with E-state index in [1.165, 1.54) is 6.92 Å². The van der Waals surface area contributed by atoms with Gasteiger partial charge in [0.1, 0.15) is 0 Å². The third-order valence-electron chi connectivity index (χ3n) is 1.51. The third-order valence-corrected chi connectivity index (χ3v) is 1.51. The predicted octanol–water partition coefficient (Wildman–Crippen LogP) is 2.27. The molecule has 0 aliphatic heterocycles. The minimum absolute atomic E-state index is 0.0290. The van der Waals surface area contributed by atoms with Crippen molar-refractivity contribution in [2.24, 2.45) is 0 Å². The molecular weight excluding hydrogens is 196 g/mol. The minimum atomic E-state index is -1.11. The number of nitro benzene ring substituents is 1. The van der Waals surface area contributed by atoms with E-state index in [9.17, 15) is 18.9 Å². The molecule has 76 valence electrons. The van der Waals surface area contributed by atoms with Gasteiger partial charge < -0.3 is 4.74 Å². The molecule has 0 aliphatic rings. The van der Waals surface area contributed by atoms with Crippen LogP contribution in [0.3, 0.4) is 0 Å². The first kappa shape index (κ1) is 10.4. The first-order valence-electron chi connectivity index (χ1n) is 3.83. The van der Waals surface area contributed by atoms with Crippen LogP contribution in [-0.2, 0) is 0 Å². The van der Waals surface area contributed by atoms with E-state index < -0.39 is 28.0 Å². The lowest BCUT2D eigenvalue weighted by Crippen LogP contribution is -2.02. The Bertz CT molecular complexity index is 368. The van der Waals surface area contributed by atoms with Crippen LogP contribution in [0.1, 0.15) is 6.92 Å². The second-order valence-electron chi connectivity index (χ2n) is 2.40. The molecule has 14 heavy (non-hydrogen) atoms. The van der Waals surface area contributed by atoms with Gasteiger partial charge in [-0.3, -0.25) is 10.1 Å². The average Bonchev–Trinajstić information content (AvgIpc) is 2.11. The van der Waals surface area contributed by atoms with Crippen molar-refractivity contribution in [2.45, 2.75) is 6.92 Å². The van der Waals surface area contributed by atoms with Crippen LogP contribution in [-0.4, -0.2) is 11.5 Å². The van der Waals surface area contributed by atoms with Crippen molar-refractivity contribution in [3.05, 3.63) is 33.9 Å². The zero-order valence-corrected chi connectivity index (χ0v) is 7.29. The summed E-state index contributed by atoms with van der Waals surface area (Å²) in [5.74, 6) is -2.71. The summed E-state index contributed by atoms with van der Waals surface area (Å²) in [6.45, 7) is 1.55. The van der Waals surface area contributed by atoms with E-state index in [0.29, 0.717) is 6.07 Å². The monoisotopic (exact) mass is 203 g/mol. The first-order valence-corrected chi connectivity index (χ1v) is 3.83. The fourth-order valence-electron chi connectivity index (χ4n) is 0.974. The lowest BCUT2D eigenvalue weighted by Gasteiger charge is -2.05. The Kier molecular flexibility index (Phi) is 2.95. The number of nitro groups is 1. The molecule has 0 atom stereocenters. The third kappa shape index (κ3) is 1.78. The molecule has 1 rings (SSSR count). The van der Waals surface area contributed by atoms with Gasteiger partial charge in [0.2, 0.25) is 11.6 Å². The molecule has 0 bridgehead atoms. The van der Waals surface area contributed by atoms with Crippen LogP contribution in [0.5, 0.6) is 5.75 Å². The van der Waals surface area contributed by atoms with Crippen LogP contribution < -0.4 is 4.74 Å². The summed E-state index contributed by atoms with van der Waals surface area (Å²) in [5, 5.41) is 10.4. The fraction of sp³-hybridized carbons (Fsp3) is 0.250. The standard InChI is InChI=1S/C8H7F2NO3/c1-2-14-8-6(10)4-3-5(9)7(8)11(12)13/h3-4H,2H2,1H3. The van der Waals surface area contributed by atoms with E-state index >= 15 is 0 Å². The summed E-state index contributed by atoms with van der Waals surface area (Å²) in [6, 6.07) is 1.48. The summed E-state index contributed by atoms with van der Waals surface area (Å²) in [6.07, 6.45) is 0. The highest BCUT2D eigenvalue weighted by Crippen LogP contribution is 2.32. The molecule has 0 spiro atoms. The maximum atomic E-state index is 13.0. The highest BCUT2D eigenvalue weighted by molar-refractivity contribution is 5.48. The maximum absolute atomic E-state index is 13.0. The summed E-state index contributed by atoms with van der Waals surface area (Å²) in [4.78, 5) is 9.38. The van der Waals surface area contributed by atoms with Crippen molar-refractivity contribution < 1.29 is 18.4 Å². The summed E-state index contributed by atoms with van der Waals surface area (Å²) < 4.78 is 30.6. The van der Waals surface area contributed by atoms with Gasteiger partial charge in [-0.25, -0.2) is 4.39 Å². The smallest absolute Gasteiger partial charge is 0.349 e. The Hall–Kier alpha value is -1.72. The molecule has 0 aromatic heterocycles. The summed E-state index contributed by atoms with van der Waals surface area (Å²) in [5.41, 5.74) is -0.966. The second kappa shape index (κ2) is 3.99. The van der Waals surface area contributed by atoms with Gasteiger partial charge in [0, 0.05) is 0 Å². The Morgan fingerprint density at radius 2 is 2.00 bits per heavy atom. The van der Waals surface area contributed by atoms with Gasteiger partial charge in [0.05, 0.1) is 11.5 Å². The highest BCUT2D eigenvalue weighted by Gasteiger charge is 2.25. The molecule has 6 heteroatoms. The van der Waals surface area contributed by atoms with Gasteiger partial charge >= 0.3 is 5.69 Å². The predicted molar refractivity (Wildman–Crippen MR) is 44.2 cm³/mol. The number of nitrogens with zero attached hydrogens (tertiary/aromatic N) is 1. The quantitative estimate of drug-likeness (QED) is 0.559. The van der Waals surface area contributed by atoms with Crippen LogP contribution in [0.4, 0.5) is 14.5 Å². The van der Waals surface area contributed by atoms with Crippen molar-refractivity contribution in [1.82, 2.24) is 0 Å². The summed E-state index contributed by atoms with van der Waals surface area (Å²) in [7, 11) is 0. The largest absolute Gasteiger partial charge is 0.485 e. The normalized spacial score (nSPS) is 9.93. The number of hydrogen-bond acceptors (Lipinski definition) is 3. The van der Waals surface area contributed by atoms with Crippen LogP contribution in [0.15, 0.2) is 12.1 Å². The first-order chi connectivity index (χ1) is 6.57. The van der Waals surface area contributed by atoms with Crippen LogP contribution >= 0.6 is 0 Å². The Labute approximate surface area is 78.3 Å². The molecule has 0 heterocycles. The van der Waals surface area contributed by atoms with E-state index in [1.54, 1.807) is 0 Å². The van der Waals surface area contributed by atoms with Gasteiger partial charge in [0.25, 0.3) is 0 Å². The van der Waals surface area contributed by atoms with Crippen molar-refractivity contribution in [2.75, 3.05) is 6.61 Å². The molecule has 0 N–H and O–H groups in total. The van der Waals surface area contributed by atoms with Gasteiger partial charge in [0.15, 0.2) is 5.82 Å². The molecule has 1 aromatic carbocycles. The molecule has 0 fully saturated rings. The molecule has 0 radical (unpaired) electrons. The number of ether oxygens (including phenoxy) is 1. The SMILES string of the molecule is CCOc1c(F)ccc(F)c1[N+](=O)[O-]. The van der Waals surface area contributed by atoms with Crippen LogP contribution in [0.2, 0.25) is 0 Å². The van der Waals surface area contributed by atoms with Crippen LogP contribution in [0.25, 0.3) is 0 Å². The Balaban J connectivity index is 3.33. The minimum Gasteiger partial charge on any atom is -0.485 e. The maximum Gasteiger partial charge on any atom is 0.349 e. The van der Waals surface area contributed by atoms with Crippen LogP contribution in [0, 0.1) is 21.7 Å². The number of hydrogen-bond donors (Lipinski definition) is 0. The second-order valence-corrected chi connectivity index (χ2v) is 2.40. The lowest BCUT2D eigenvalue weighted by atomic mass is 10.2. The molecule has 0 saturated heterocycles. The number of benzene rings is 1. The average molecular weight is 203 g/mol. The Morgan fingerprint density at radius 3 is 2.50 bits per heavy atom. The zero-order chi connectivity index (χ0) is 10.7. The molecule has 1 aromatic rings. The van der Waals surface area contributed by atoms with Gasteiger partial charge in [-0.05, 0) is 19.1 Å². The molecule has 4 nitrogen and oxygen atoms in total. The van der Waals surface area contributed by atoms with E-state index in [0.717, 1.165) is 6.07 Å². The van der Waals surface area contributed by atoms with E-state index in [2.05, 4.69) is 4.74 Å². The molecular formula is C8H7F2NO3. The zero-order valence-electron chi connectivity index (χ0n) is 7.29. The van der Waals surface area contributed by atoms with E-state index in [1.807, 2.05) is 0 Å². The number of rotatable bonds is 3. The van der Waals surface area contributed by atoms with Gasteiger partial charge in [-0.15, -0.1) is 0 Å². The molecule has 0 unspecified atom stereocenters. The van der Waals surface area contributed by atoms with E-state index in [4.69, 9.17) is 0 Å². The van der Waals surface area contributed by atoms with Crippen molar-refractivity contribution in [1.29, 1.82) is 0 Å². The molecule has 0 aliphatic carbocycles. The van der Waals surface area contributed by atoms with Crippen molar-refractivity contribution in [3.63, 3.8) is 0 Å². The summed E-state index contributed by atoms with van der Waals surface area (Å²) >= 11 is 0. The van der Waals surface area contributed by atoms with E-state index in [-0.39, 0.29) is 6.61 Å². The topological polar surface area (TPSA) is 52.4 Å². The Morgan fingerprint density at radius 1 is 1.43 bits per heavy atom. The fourth-order valence-corrected chi connectivity index (χ4v) is 0.974. The highest BCUT2D eigenvalue weighted by atomic mass is 19.1. The van der Waals surface area contributed by atoms with Crippen molar-refractivity contribution >= 4 is 5.69 Å². The van der Waals surface area contributed by atoms with Gasteiger partial charge in [-0.1, -0.05) is 0 Å². The van der Waals surface area contributed by atoms with Crippen molar-refractivity contribution in [3.8, 4) is 5.75 Å². The molecule has 0 amide bonds. The lowest BCUT2D eigenvalue weighted by molar-refractivity contribution is -0.388. The van der Waals surface area contributed by atoms with Gasteiger partial charge in [-0.2, -0.15) is 4.39 Å².